The number of hydrogen-bond acceptors (Lipinski definition) is 3. The number of aromatic amines is 2. The molecule has 0 saturated carbocycles. The predicted octanol–water partition coefficient (Wildman–Crippen LogP) is 3.96. The Kier molecular flexibility index (Phi) is 3.27. The Morgan fingerprint density at radius 3 is 2.58 bits per heavy atom. The number of H-pyrrole nitrogens is 2. The van der Waals surface area contributed by atoms with E-state index in [1.807, 2.05) is 30.3 Å². The number of imidazole rings is 1. The number of aromatic nitrogens is 4. The van der Waals surface area contributed by atoms with Gasteiger partial charge < -0.3 is 9.97 Å². The summed E-state index contributed by atoms with van der Waals surface area (Å²) in [6.07, 6.45) is 3.43. The van der Waals surface area contributed by atoms with Crippen molar-refractivity contribution in [2.24, 2.45) is 0 Å². The molecule has 0 spiro atoms. The smallest absolute Gasteiger partial charge is 0.175 e. The van der Waals surface area contributed by atoms with Gasteiger partial charge in [0.25, 0.3) is 0 Å². The number of benzene rings is 1. The first-order chi connectivity index (χ1) is 9.25. The van der Waals surface area contributed by atoms with E-state index >= 15 is 0 Å². The van der Waals surface area contributed by atoms with E-state index in [0.29, 0.717) is 16.3 Å². The van der Waals surface area contributed by atoms with Crippen LogP contribution in [0.15, 0.2) is 47.2 Å². The van der Waals surface area contributed by atoms with Gasteiger partial charge >= 0.3 is 0 Å². The molecule has 0 fully saturated rings. The summed E-state index contributed by atoms with van der Waals surface area (Å²) in [5, 5.41) is 0. The normalized spacial score (nSPS) is 10.6. The van der Waals surface area contributed by atoms with Gasteiger partial charge in [0.15, 0.2) is 11.6 Å². The van der Waals surface area contributed by atoms with Crippen LogP contribution in [0.25, 0.3) is 22.9 Å². The highest BCUT2D eigenvalue weighted by atomic mass is 79.9. The van der Waals surface area contributed by atoms with Crippen molar-refractivity contribution in [3.05, 3.63) is 51.8 Å². The molecule has 1 aromatic carbocycles. The van der Waals surface area contributed by atoms with E-state index in [1.165, 1.54) is 0 Å². The lowest BCUT2D eigenvalue weighted by Crippen LogP contribution is -1.96. The van der Waals surface area contributed by atoms with Crippen molar-refractivity contribution in [1.82, 2.24) is 19.9 Å². The number of halogens is 1. The van der Waals surface area contributed by atoms with Crippen molar-refractivity contribution in [3.63, 3.8) is 0 Å². The molecule has 6 heteroatoms. The quantitative estimate of drug-likeness (QED) is 0.698. The van der Waals surface area contributed by atoms with Crippen LogP contribution >= 0.6 is 28.1 Å². The standard InChI is InChI=1S/C13H9BrN4S/c14-9-10(8-4-2-1-3-5-8)17-12(18-13(9)19)11-15-6-7-16-11/h1-7H,(H,15,16)(H,17,18,19). The fourth-order valence-electron chi connectivity index (χ4n) is 1.77. The van der Waals surface area contributed by atoms with Crippen LogP contribution in [-0.4, -0.2) is 19.9 Å². The van der Waals surface area contributed by atoms with Crippen LogP contribution in [0.5, 0.6) is 0 Å². The van der Waals surface area contributed by atoms with Crippen LogP contribution in [0.1, 0.15) is 0 Å². The van der Waals surface area contributed by atoms with Gasteiger partial charge in [0.2, 0.25) is 0 Å². The van der Waals surface area contributed by atoms with Gasteiger partial charge in [-0.25, -0.2) is 9.97 Å². The summed E-state index contributed by atoms with van der Waals surface area (Å²) < 4.78 is 1.29. The summed E-state index contributed by atoms with van der Waals surface area (Å²) in [7, 11) is 0. The highest BCUT2D eigenvalue weighted by Gasteiger charge is 2.10. The molecular weight excluding hydrogens is 324 g/mol. The van der Waals surface area contributed by atoms with Crippen LogP contribution < -0.4 is 0 Å². The van der Waals surface area contributed by atoms with Crippen molar-refractivity contribution in [2.75, 3.05) is 0 Å². The Balaban J connectivity index is 2.23. The molecule has 0 bridgehead atoms. The number of nitrogens with one attached hydrogen (secondary N) is 2. The predicted molar refractivity (Wildman–Crippen MR) is 80.1 cm³/mol. The average Bonchev–Trinajstić information content (AvgIpc) is 2.97. The molecular formula is C13H9BrN4S. The Hall–Kier alpha value is -1.79. The summed E-state index contributed by atoms with van der Waals surface area (Å²) in [6.45, 7) is 0. The summed E-state index contributed by atoms with van der Waals surface area (Å²) in [5.74, 6) is 1.29. The zero-order valence-corrected chi connectivity index (χ0v) is 12.1. The Bertz CT molecular complexity index is 750. The minimum atomic E-state index is 0.504. The van der Waals surface area contributed by atoms with Gasteiger partial charge in [-0.3, -0.25) is 0 Å². The van der Waals surface area contributed by atoms with Crippen molar-refractivity contribution in [1.29, 1.82) is 0 Å². The van der Waals surface area contributed by atoms with Crippen molar-refractivity contribution >= 4 is 28.1 Å². The summed E-state index contributed by atoms with van der Waals surface area (Å²) in [6, 6.07) is 9.95. The molecule has 4 nitrogen and oxygen atoms in total. The maximum atomic E-state index is 5.28. The molecule has 0 aliphatic rings. The second kappa shape index (κ2) is 5.07. The van der Waals surface area contributed by atoms with E-state index in [-0.39, 0.29) is 0 Å². The van der Waals surface area contributed by atoms with E-state index in [1.54, 1.807) is 12.4 Å². The summed E-state index contributed by atoms with van der Waals surface area (Å²) in [5.41, 5.74) is 1.93. The second-order valence-corrected chi connectivity index (χ2v) is 5.06. The van der Waals surface area contributed by atoms with Gasteiger partial charge in [-0.2, -0.15) is 0 Å². The fourth-order valence-corrected chi connectivity index (χ4v) is 2.38. The molecule has 3 aromatic rings. The lowest BCUT2D eigenvalue weighted by molar-refractivity contribution is 1.10. The topological polar surface area (TPSA) is 57.4 Å². The van der Waals surface area contributed by atoms with Crippen LogP contribution in [0.4, 0.5) is 0 Å². The molecule has 2 heterocycles. The molecule has 0 unspecified atom stereocenters. The highest BCUT2D eigenvalue weighted by Crippen LogP contribution is 2.28. The molecule has 2 N–H and O–H groups in total. The third kappa shape index (κ3) is 2.36. The Morgan fingerprint density at radius 2 is 1.89 bits per heavy atom. The third-order valence-corrected chi connectivity index (χ3v) is 3.98. The zero-order valence-electron chi connectivity index (χ0n) is 9.72. The minimum Gasteiger partial charge on any atom is -0.342 e. The molecule has 3 rings (SSSR count). The number of hydrogen-bond donors (Lipinski definition) is 2. The monoisotopic (exact) mass is 332 g/mol. The summed E-state index contributed by atoms with van der Waals surface area (Å²) in [4.78, 5) is 14.8. The van der Waals surface area contributed by atoms with Gasteiger partial charge in [-0.15, -0.1) is 0 Å². The van der Waals surface area contributed by atoms with Crippen LogP contribution in [0, 0.1) is 4.64 Å². The lowest BCUT2D eigenvalue weighted by atomic mass is 10.1. The van der Waals surface area contributed by atoms with E-state index in [2.05, 4.69) is 35.9 Å². The molecule has 0 amide bonds. The first-order valence-electron chi connectivity index (χ1n) is 5.60. The van der Waals surface area contributed by atoms with Gasteiger partial charge in [-0.1, -0.05) is 42.5 Å². The molecule has 0 aliphatic heterocycles. The fraction of sp³-hybridized carbons (Fsp3) is 0. The lowest BCUT2D eigenvalue weighted by Gasteiger charge is -2.07. The maximum Gasteiger partial charge on any atom is 0.175 e. The van der Waals surface area contributed by atoms with Gasteiger partial charge in [-0.05, 0) is 21.5 Å². The Morgan fingerprint density at radius 1 is 1.11 bits per heavy atom. The molecule has 0 saturated heterocycles. The maximum absolute atomic E-state index is 5.28. The van der Waals surface area contributed by atoms with E-state index in [0.717, 1.165) is 15.7 Å². The van der Waals surface area contributed by atoms with Gasteiger partial charge in [0.05, 0.1) is 10.2 Å². The van der Waals surface area contributed by atoms with E-state index in [4.69, 9.17) is 12.2 Å². The average molecular weight is 333 g/mol. The van der Waals surface area contributed by atoms with Crippen LogP contribution in [0.2, 0.25) is 0 Å². The Labute approximate surface area is 123 Å². The van der Waals surface area contributed by atoms with E-state index < -0.39 is 0 Å². The van der Waals surface area contributed by atoms with Crippen LogP contribution in [0.3, 0.4) is 0 Å². The molecule has 0 atom stereocenters. The molecule has 0 radical (unpaired) electrons. The summed E-state index contributed by atoms with van der Waals surface area (Å²) >= 11 is 8.77. The molecule has 0 aliphatic carbocycles. The number of rotatable bonds is 2. The second-order valence-electron chi connectivity index (χ2n) is 3.88. The first-order valence-corrected chi connectivity index (χ1v) is 6.81. The van der Waals surface area contributed by atoms with Crippen LogP contribution in [-0.2, 0) is 0 Å². The van der Waals surface area contributed by atoms with Crippen molar-refractivity contribution in [3.8, 4) is 22.9 Å². The molecule has 94 valence electrons. The highest BCUT2D eigenvalue weighted by molar-refractivity contribution is 9.10. The third-order valence-electron chi connectivity index (χ3n) is 2.65. The SMILES string of the molecule is S=c1nc(-c2ncc[nH]2)[nH]c(-c2ccccc2)c1Br. The van der Waals surface area contributed by atoms with Gasteiger partial charge in [0.1, 0.15) is 4.64 Å². The zero-order chi connectivity index (χ0) is 13.2. The number of nitrogens with zero attached hydrogens (tertiary/aromatic N) is 2. The molecule has 19 heavy (non-hydrogen) atoms. The van der Waals surface area contributed by atoms with Gasteiger partial charge in [0, 0.05) is 12.4 Å². The molecule has 2 aromatic heterocycles. The van der Waals surface area contributed by atoms with Crippen molar-refractivity contribution < 1.29 is 0 Å². The minimum absolute atomic E-state index is 0.504. The van der Waals surface area contributed by atoms with E-state index in [9.17, 15) is 0 Å². The van der Waals surface area contributed by atoms with Crippen molar-refractivity contribution in [2.45, 2.75) is 0 Å². The largest absolute Gasteiger partial charge is 0.342 e. The first kappa shape index (κ1) is 12.3.